The van der Waals surface area contributed by atoms with Gasteiger partial charge in [0.05, 0.1) is 6.61 Å². The predicted octanol–water partition coefficient (Wildman–Crippen LogP) is 3.32. The van der Waals surface area contributed by atoms with E-state index in [0.717, 1.165) is 17.7 Å². The van der Waals surface area contributed by atoms with Gasteiger partial charge in [-0.1, -0.05) is 43.3 Å². The maximum absolute atomic E-state index is 8.94. The van der Waals surface area contributed by atoms with Gasteiger partial charge in [0.15, 0.2) is 0 Å². The molecule has 94 valence electrons. The van der Waals surface area contributed by atoms with Gasteiger partial charge in [0.2, 0.25) is 0 Å². The van der Waals surface area contributed by atoms with Gasteiger partial charge in [-0.05, 0) is 35.2 Å². The SMILES string of the molecule is CCc1ccc(COc2ccc(CO)cc2)cc1. The molecule has 2 nitrogen and oxygen atoms in total. The lowest BCUT2D eigenvalue weighted by atomic mass is 10.1. The number of aliphatic hydroxyl groups is 1. The molecule has 0 radical (unpaired) electrons. The monoisotopic (exact) mass is 242 g/mol. The summed E-state index contributed by atoms with van der Waals surface area (Å²) >= 11 is 0. The van der Waals surface area contributed by atoms with Gasteiger partial charge in [0, 0.05) is 0 Å². The number of aliphatic hydroxyl groups excluding tert-OH is 1. The number of benzene rings is 2. The van der Waals surface area contributed by atoms with E-state index < -0.39 is 0 Å². The highest BCUT2D eigenvalue weighted by Crippen LogP contribution is 2.14. The average molecular weight is 242 g/mol. The third kappa shape index (κ3) is 3.34. The zero-order valence-electron chi connectivity index (χ0n) is 10.6. The van der Waals surface area contributed by atoms with Gasteiger partial charge in [-0.25, -0.2) is 0 Å². The van der Waals surface area contributed by atoms with Crippen molar-refractivity contribution in [1.29, 1.82) is 0 Å². The molecule has 0 heterocycles. The minimum absolute atomic E-state index is 0.0682. The lowest BCUT2D eigenvalue weighted by molar-refractivity contribution is 0.280. The van der Waals surface area contributed by atoms with Crippen LogP contribution >= 0.6 is 0 Å². The van der Waals surface area contributed by atoms with Crippen LogP contribution in [-0.2, 0) is 19.6 Å². The first-order valence-corrected chi connectivity index (χ1v) is 6.22. The van der Waals surface area contributed by atoms with Gasteiger partial charge in [-0.15, -0.1) is 0 Å². The van der Waals surface area contributed by atoms with Crippen molar-refractivity contribution >= 4 is 0 Å². The van der Waals surface area contributed by atoms with Crippen LogP contribution < -0.4 is 4.74 Å². The van der Waals surface area contributed by atoms with Crippen molar-refractivity contribution in [3.05, 3.63) is 65.2 Å². The van der Waals surface area contributed by atoms with Crippen LogP contribution in [0.15, 0.2) is 48.5 Å². The van der Waals surface area contributed by atoms with Crippen molar-refractivity contribution in [2.24, 2.45) is 0 Å². The summed E-state index contributed by atoms with van der Waals surface area (Å²) in [5.74, 6) is 0.826. The molecule has 0 spiro atoms. The second-order valence-corrected chi connectivity index (χ2v) is 4.26. The van der Waals surface area contributed by atoms with E-state index in [1.807, 2.05) is 24.3 Å². The van der Waals surface area contributed by atoms with Crippen LogP contribution in [0.1, 0.15) is 23.6 Å². The van der Waals surface area contributed by atoms with E-state index in [-0.39, 0.29) is 6.61 Å². The normalized spacial score (nSPS) is 10.3. The van der Waals surface area contributed by atoms with Gasteiger partial charge >= 0.3 is 0 Å². The molecule has 2 rings (SSSR count). The topological polar surface area (TPSA) is 29.5 Å². The fourth-order valence-electron chi connectivity index (χ4n) is 1.73. The Balaban J connectivity index is 1.93. The van der Waals surface area contributed by atoms with Crippen molar-refractivity contribution < 1.29 is 9.84 Å². The molecule has 2 aromatic rings. The molecular weight excluding hydrogens is 224 g/mol. The molecule has 0 fully saturated rings. The van der Waals surface area contributed by atoms with E-state index in [2.05, 4.69) is 31.2 Å². The third-order valence-electron chi connectivity index (χ3n) is 2.94. The van der Waals surface area contributed by atoms with Crippen molar-refractivity contribution in [1.82, 2.24) is 0 Å². The Labute approximate surface area is 108 Å². The highest BCUT2D eigenvalue weighted by molar-refractivity contribution is 5.28. The lowest BCUT2D eigenvalue weighted by Gasteiger charge is -2.07. The van der Waals surface area contributed by atoms with E-state index in [4.69, 9.17) is 9.84 Å². The molecular formula is C16H18O2. The standard InChI is InChI=1S/C16H18O2/c1-2-13-3-5-15(6-4-13)12-18-16-9-7-14(11-17)8-10-16/h3-10,17H,2,11-12H2,1H3. The first-order chi connectivity index (χ1) is 8.81. The largest absolute Gasteiger partial charge is 0.489 e. The number of rotatable bonds is 5. The van der Waals surface area contributed by atoms with Gasteiger partial charge in [-0.3, -0.25) is 0 Å². The van der Waals surface area contributed by atoms with Crippen LogP contribution in [0.4, 0.5) is 0 Å². The second-order valence-electron chi connectivity index (χ2n) is 4.26. The van der Waals surface area contributed by atoms with E-state index in [1.165, 1.54) is 11.1 Å². The highest BCUT2D eigenvalue weighted by atomic mass is 16.5. The minimum Gasteiger partial charge on any atom is -0.489 e. The molecule has 0 aliphatic heterocycles. The summed E-state index contributed by atoms with van der Waals surface area (Å²) < 4.78 is 5.68. The molecule has 0 saturated heterocycles. The average Bonchev–Trinajstić information content (AvgIpc) is 2.46. The molecule has 0 aliphatic rings. The van der Waals surface area contributed by atoms with Gasteiger partial charge < -0.3 is 9.84 Å². The summed E-state index contributed by atoms with van der Waals surface area (Å²) in [7, 11) is 0. The number of hydrogen-bond acceptors (Lipinski definition) is 2. The molecule has 1 N–H and O–H groups in total. The molecule has 0 aliphatic carbocycles. The Hall–Kier alpha value is -1.80. The van der Waals surface area contributed by atoms with Gasteiger partial charge in [0.1, 0.15) is 12.4 Å². The molecule has 0 amide bonds. The van der Waals surface area contributed by atoms with Crippen LogP contribution in [0.5, 0.6) is 5.75 Å². The Bertz CT molecular complexity index is 424. The fraction of sp³-hybridized carbons (Fsp3) is 0.250. The Kier molecular flexibility index (Phi) is 4.37. The summed E-state index contributed by atoms with van der Waals surface area (Å²) in [6.07, 6.45) is 1.06. The Morgan fingerprint density at radius 1 is 0.833 bits per heavy atom. The number of aryl methyl sites for hydroxylation is 1. The van der Waals surface area contributed by atoms with E-state index >= 15 is 0 Å². The maximum atomic E-state index is 8.94. The molecule has 18 heavy (non-hydrogen) atoms. The smallest absolute Gasteiger partial charge is 0.119 e. The lowest BCUT2D eigenvalue weighted by Crippen LogP contribution is -1.96. The van der Waals surface area contributed by atoms with E-state index in [0.29, 0.717) is 6.61 Å². The summed E-state index contributed by atoms with van der Waals surface area (Å²) in [5.41, 5.74) is 3.40. The Morgan fingerprint density at radius 3 is 1.94 bits per heavy atom. The molecule has 0 aromatic heterocycles. The number of ether oxygens (including phenoxy) is 1. The summed E-state index contributed by atoms with van der Waals surface area (Å²) in [6.45, 7) is 2.79. The first-order valence-electron chi connectivity index (χ1n) is 6.22. The van der Waals surface area contributed by atoms with Crippen LogP contribution in [0.25, 0.3) is 0 Å². The Morgan fingerprint density at radius 2 is 1.39 bits per heavy atom. The van der Waals surface area contributed by atoms with Crippen molar-refractivity contribution in [2.45, 2.75) is 26.6 Å². The zero-order chi connectivity index (χ0) is 12.8. The van der Waals surface area contributed by atoms with E-state index in [9.17, 15) is 0 Å². The first kappa shape index (κ1) is 12.7. The van der Waals surface area contributed by atoms with Gasteiger partial charge in [0.25, 0.3) is 0 Å². The predicted molar refractivity (Wildman–Crippen MR) is 72.5 cm³/mol. The van der Waals surface area contributed by atoms with E-state index in [1.54, 1.807) is 0 Å². The molecule has 0 unspecified atom stereocenters. The zero-order valence-corrected chi connectivity index (χ0v) is 10.6. The minimum atomic E-state index is 0.0682. The van der Waals surface area contributed by atoms with Gasteiger partial charge in [-0.2, -0.15) is 0 Å². The molecule has 2 aromatic carbocycles. The van der Waals surface area contributed by atoms with Crippen molar-refractivity contribution in [3.63, 3.8) is 0 Å². The summed E-state index contributed by atoms with van der Waals surface area (Å²) in [6, 6.07) is 16.0. The molecule has 0 bridgehead atoms. The quantitative estimate of drug-likeness (QED) is 0.871. The second kappa shape index (κ2) is 6.22. The summed E-state index contributed by atoms with van der Waals surface area (Å²) in [5, 5.41) is 8.94. The summed E-state index contributed by atoms with van der Waals surface area (Å²) in [4.78, 5) is 0. The van der Waals surface area contributed by atoms with Crippen molar-refractivity contribution in [3.8, 4) is 5.75 Å². The maximum Gasteiger partial charge on any atom is 0.119 e. The third-order valence-corrected chi connectivity index (χ3v) is 2.94. The van der Waals surface area contributed by atoms with Crippen LogP contribution in [0, 0.1) is 0 Å². The fourth-order valence-corrected chi connectivity index (χ4v) is 1.73. The molecule has 0 atom stereocenters. The molecule has 0 saturated carbocycles. The van der Waals surface area contributed by atoms with Crippen LogP contribution in [0.3, 0.4) is 0 Å². The van der Waals surface area contributed by atoms with Crippen LogP contribution in [-0.4, -0.2) is 5.11 Å². The van der Waals surface area contributed by atoms with Crippen molar-refractivity contribution in [2.75, 3.05) is 0 Å². The number of hydrogen-bond donors (Lipinski definition) is 1. The van der Waals surface area contributed by atoms with Crippen LogP contribution in [0.2, 0.25) is 0 Å². The highest BCUT2D eigenvalue weighted by Gasteiger charge is 1.97. The molecule has 2 heteroatoms.